The Morgan fingerprint density at radius 1 is 0.417 bits per heavy atom. The third kappa shape index (κ3) is 42.3. The number of carbonyl (C=O) groups excluding carboxylic acids is 1. The summed E-state index contributed by atoms with van der Waals surface area (Å²) >= 11 is 0. The van der Waals surface area contributed by atoms with Gasteiger partial charge in [-0.1, -0.05) is 322 Å². The third-order valence-corrected chi connectivity index (χ3v) is 16.0. The fourth-order valence-electron chi connectivity index (χ4n) is 10.9. The lowest BCUT2D eigenvalue weighted by Gasteiger charge is -2.40. The van der Waals surface area contributed by atoms with E-state index in [4.69, 9.17) is 9.47 Å². The van der Waals surface area contributed by atoms with Crippen LogP contribution in [0.1, 0.15) is 341 Å². The summed E-state index contributed by atoms with van der Waals surface area (Å²) < 4.78 is 11.3. The molecule has 72 heavy (non-hydrogen) atoms. The van der Waals surface area contributed by atoms with Crippen LogP contribution in [0.2, 0.25) is 0 Å². The molecule has 1 fully saturated rings. The van der Waals surface area contributed by atoms with Crippen LogP contribution < -0.4 is 5.32 Å². The number of aliphatic hydroxyl groups is 5. The van der Waals surface area contributed by atoms with Crippen molar-refractivity contribution in [3.05, 3.63) is 0 Å². The molecule has 9 nitrogen and oxygen atoms in total. The van der Waals surface area contributed by atoms with Crippen molar-refractivity contribution in [2.75, 3.05) is 13.2 Å². The number of aliphatic hydroxyl groups excluding tert-OH is 5. The Labute approximate surface area is 446 Å². The van der Waals surface area contributed by atoms with Gasteiger partial charge >= 0.3 is 0 Å². The van der Waals surface area contributed by atoms with E-state index in [-0.39, 0.29) is 12.5 Å². The normalized spacial score (nSPS) is 19.0. The first kappa shape index (κ1) is 69.2. The maximum absolute atomic E-state index is 13.1. The Balaban J connectivity index is 2.12. The zero-order valence-electron chi connectivity index (χ0n) is 48.0. The van der Waals surface area contributed by atoms with Crippen molar-refractivity contribution in [3.8, 4) is 0 Å². The number of nitrogens with one attached hydrogen (secondary N) is 1. The van der Waals surface area contributed by atoms with Gasteiger partial charge in [0, 0.05) is 6.42 Å². The molecule has 430 valence electrons. The Morgan fingerprint density at radius 2 is 0.694 bits per heavy atom. The van der Waals surface area contributed by atoms with Crippen LogP contribution in [0.4, 0.5) is 0 Å². The molecular weight excluding hydrogens is 899 g/mol. The number of hydrogen-bond donors (Lipinski definition) is 6. The molecule has 0 aromatic heterocycles. The summed E-state index contributed by atoms with van der Waals surface area (Å²) in [5, 5.41) is 54.8. The van der Waals surface area contributed by atoms with Crippen molar-refractivity contribution in [3.63, 3.8) is 0 Å². The quantitative estimate of drug-likeness (QED) is 0.0330. The van der Waals surface area contributed by atoms with Crippen LogP contribution in [0, 0.1) is 0 Å². The minimum Gasteiger partial charge on any atom is -0.394 e. The highest BCUT2D eigenvalue weighted by molar-refractivity contribution is 5.76. The zero-order chi connectivity index (χ0) is 52.2. The van der Waals surface area contributed by atoms with E-state index >= 15 is 0 Å². The van der Waals surface area contributed by atoms with E-state index in [1.54, 1.807) is 0 Å². The predicted molar refractivity (Wildman–Crippen MR) is 304 cm³/mol. The van der Waals surface area contributed by atoms with Crippen molar-refractivity contribution in [1.29, 1.82) is 0 Å². The fourth-order valence-corrected chi connectivity index (χ4v) is 10.9. The Kier molecular flexibility index (Phi) is 51.5. The second-order valence-electron chi connectivity index (χ2n) is 22.9. The van der Waals surface area contributed by atoms with Gasteiger partial charge in [0.2, 0.25) is 5.91 Å². The number of amides is 1. The molecule has 9 heteroatoms. The number of hydrogen-bond acceptors (Lipinski definition) is 8. The molecule has 7 atom stereocenters. The minimum absolute atomic E-state index is 0.131. The summed E-state index contributed by atoms with van der Waals surface area (Å²) in [7, 11) is 0. The first-order valence-corrected chi connectivity index (χ1v) is 32.2. The highest BCUT2D eigenvalue weighted by atomic mass is 16.7. The highest BCUT2D eigenvalue weighted by Crippen LogP contribution is 2.24. The third-order valence-electron chi connectivity index (χ3n) is 16.0. The molecular formula is C63H125NO8. The second-order valence-corrected chi connectivity index (χ2v) is 22.9. The van der Waals surface area contributed by atoms with Gasteiger partial charge in [0.05, 0.1) is 25.4 Å². The van der Waals surface area contributed by atoms with Gasteiger partial charge in [0.25, 0.3) is 0 Å². The molecule has 0 aromatic carbocycles. The number of ether oxygens (including phenoxy) is 2. The summed E-state index contributed by atoms with van der Waals surface area (Å²) in [5.74, 6) is -0.135. The summed E-state index contributed by atoms with van der Waals surface area (Å²) in [4.78, 5) is 13.1. The van der Waals surface area contributed by atoms with E-state index < -0.39 is 49.5 Å². The van der Waals surface area contributed by atoms with Crippen LogP contribution in [0.3, 0.4) is 0 Å². The van der Waals surface area contributed by atoms with Gasteiger partial charge in [-0.2, -0.15) is 0 Å². The molecule has 0 spiro atoms. The lowest BCUT2D eigenvalue weighted by atomic mass is 9.99. The summed E-state index contributed by atoms with van der Waals surface area (Å²) in [6, 6.07) is -0.714. The van der Waals surface area contributed by atoms with E-state index in [2.05, 4.69) is 19.2 Å². The van der Waals surface area contributed by atoms with Gasteiger partial charge < -0.3 is 40.3 Å². The fraction of sp³-hybridized carbons (Fsp3) is 0.984. The Morgan fingerprint density at radius 3 is 0.986 bits per heavy atom. The van der Waals surface area contributed by atoms with Crippen LogP contribution in [0.5, 0.6) is 0 Å². The van der Waals surface area contributed by atoms with Gasteiger partial charge in [0.1, 0.15) is 24.4 Å². The Bertz CT molecular complexity index is 1100. The molecule has 1 amide bonds. The summed E-state index contributed by atoms with van der Waals surface area (Å²) in [5.41, 5.74) is 0. The van der Waals surface area contributed by atoms with Crippen LogP contribution in [-0.2, 0) is 14.3 Å². The molecule has 0 radical (unpaired) electrons. The van der Waals surface area contributed by atoms with Crippen LogP contribution in [-0.4, -0.2) is 87.5 Å². The minimum atomic E-state index is -1.55. The molecule has 7 unspecified atom stereocenters. The number of unbranched alkanes of at least 4 members (excludes halogenated alkanes) is 47. The van der Waals surface area contributed by atoms with Crippen molar-refractivity contribution >= 4 is 5.91 Å². The molecule has 0 saturated carbocycles. The van der Waals surface area contributed by atoms with Crippen LogP contribution in [0.15, 0.2) is 0 Å². The molecule has 1 aliphatic heterocycles. The molecule has 1 aliphatic rings. The molecule has 0 bridgehead atoms. The average molecular weight is 1020 g/mol. The van der Waals surface area contributed by atoms with Gasteiger partial charge in [-0.25, -0.2) is 0 Å². The number of carbonyl (C=O) groups is 1. The highest BCUT2D eigenvalue weighted by Gasteiger charge is 2.44. The van der Waals surface area contributed by atoms with E-state index in [0.29, 0.717) is 12.8 Å². The molecule has 1 saturated heterocycles. The van der Waals surface area contributed by atoms with Gasteiger partial charge in [-0.3, -0.25) is 4.79 Å². The largest absolute Gasteiger partial charge is 0.394 e. The number of rotatable bonds is 57. The second kappa shape index (κ2) is 53.6. The predicted octanol–water partition coefficient (Wildman–Crippen LogP) is 16.6. The topological polar surface area (TPSA) is 149 Å². The standard InChI is InChI=1S/C63H125NO8/c1-3-5-7-9-11-13-15-17-19-21-23-24-25-26-27-28-29-30-31-32-33-35-36-38-40-42-44-46-48-50-52-57(66)56(55-71-63-62(70)61(69)60(68)58(54-65)72-63)64-59(67)53-51-49-47-45-43-41-39-37-34-22-20-18-16-14-12-10-8-6-4-2/h56-58,60-63,65-66,68-70H,3-55H2,1-2H3,(H,64,67). The van der Waals surface area contributed by atoms with Gasteiger partial charge in [-0.05, 0) is 12.8 Å². The maximum atomic E-state index is 13.1. The lowest BCUT2D eigenvalue weighted by Crippen LogP contribution is -2.60. The zero-order valence-corrected chi connectivity index (χ0v) is 48.0. The molecule has 6 N–H and O–H groups in total. The van der Waals surface area contributed by atoms with E-state index in [0.717, 1.165) is 38.5 Å². The van der Waals surface area contributed by atoms with Crippen molar-refractivity contribution in [2.45, 2.75) is 384 Å². The average Bonchev–Trinajstić information content (AvgIpc) is 3.38. The summed E-state index contributed by atoms with van der Waals surface area (Å²) in [6.45, 7) is 3.90. The van der Waals surface area contributed by atoms with Crippen molar-refractivity contribution in [2.24, 2.45) is 0 Å². The van der Waals surface area contributed by atoms with Crippen LogP contribution >= 0.6 is 0 Å². The Hall–Kier alpha value is -0.810. The van der Waals surface area contributed by atoms with Gasteiger partial charge in [-0.15, -0.1) is 0 Å². The SMILES string of the molecule is CCCCCCCCCCCCCCCCCCCCCCCCCCCCCCCCC(O)C(COC1OC(CO)C(O)C(O)C1O)NC(=O)CCCCCCCCCCCCCCCCCCCCC. The molecule has 0 aromatic rings. The van der Waals surface area contributed by atoms with Crippen molar-refractivity contribution < 1.29 is 39.8 Å². The molecule has 1 heterocycles. The van der Waals surface area contributed by atoms with Gasteiger partial charge in [0.15, 0.2) is 6.29 Å². The molecule has 0 aliphatic carbocycles. The first-order valence-electron chi connectivity index (χ1n) is 32.2. The monoisotopic (exact) mass is 1020 g/mol. The van der Waals surface area contributed by atoms with Crippen LogP contribution in [0.25, 0.3) is 0 Å². The van der Waals surface area contributed by atoms with Crippen molar-refractivity contribution in [1.82, 2.24) is 5.32 Å². The smallest absolute Gasteiger partial charge is 0.220 e. The summed E-state index contributed by atoms with van der Waals surface area (Å²) in [6.07, 6.45) is 58.7. The van der Waals surface area contributed by atoms with E-state index in [9.17, 15) is 30.3 Å². The first-order chi connectivity index (χ1) is 35.3. The van der Waals surface area contributed by atoms with E-state index in [1.807, 2.05) is 0 Å². The molecule has 1 rings (SSSR count). The van der Waals surface area contributed by atoms with E-state index in [1.165, 1.54) is 276 Å². The lowest BCUT2D eigenvalue weighted by molar-refractivity contribution is -0.302. The maximum Gasteiger partial charge on any atom is 0.220 e.